The summed E-state index contributed by atoms with van der Waals surface area (Å²) in [5.41, 5.74) is 5.39. The summed E-state index contributed by atoms with van der Waals surface area (Å²) in [6, 6.07) is 16.7. The summed E-state index contributed by atoms with van der Waals surface area (Å²) in [5.74, 6) is 1.62. The van der Waals surface area contributed by atoms with Crippen LogP contribution in [0.25, 0.3) is 17.2 Å². The fraction of sp³-hybridized carbons (Fsp3) is 0.250. The van der Waals surface area contributed by atoms with Gasteiger partial charge in [0.2, 0.25) is 21.9 Å². The Kier molecular flexibility index (Phi) is 9.11. The number of likely N-dealkylation sites (tertiary alicyclic amines) is 1. The Morgan fingerprint density at radius 1 is 1.12 bits per heavy atom. The smallest absolute Gasteiger partial charge is 0.238 e. The van der Waals surface area contributed by atoms with Crippen LogP contribution >= 0.6 is 0 Å². The van der Waals surface area contributed by atoms with Gasteiger partial charge in [0.05, 0.1) is 16.5 Å². The normalized spacial score (nSPS) is 14.5. The Labute approximate surface area is 251 Å². The number of piperidine rings is 1. The zero-order valence-electron chi connectivity index (χ0n) is 24.1. The van der Waals surface area contributed by atoms with Gasteiger partial charge in [-0.1, -0.05) is 18.2 Å². The van der Waals surface area contributed by atoms with Crippen molar-refractivity contribution in [3.63, 3.8) is 0 Å². The molecule has 0 amide bonds. The molecule has 220 valence electrons. The first-order chi connectivity index (χ1) is 20.7. The monoisotopic (exact) mass is 595 g/mol. The number of aryl methyl sites for hydroxylation is 2. The molecule has 1 aliphatic rings. The Morgan fingerprint density at radius 2 is 1.84 bits per heavy atom. The average molecular weight is 596 g/mol. The van der Waals surface area contributed by atoms with Gasteiger partial charge in [-0.05, 0) is 85.4 Å². The highest BCUT2D eigenvalue weighted by Crippen LogP contribution is 2.35. The Balaban J connectivity index is 1.30. The summed E-state index contributed by atoms with van der Waals surface area (Å²) in [7, 11) is -3.70. The maximum absolute atomic E-state index is 11.5. The van der Waals surface area contributed by atoms with Crippen LogP contribution in [0.2, 0.25) is 0 Å². The fourth-order valence-corrected chi connectivity index (χ4v) is 5.68. The highest BCUT2D eigenvalue weighted by Gasteiger charge is 2.22. The summed E-state index contributed by atoms with van der Waals surface area (Å²) in [4.78, 5) is 16.1. The number of hydrogen-bond acceptors (Lipinski definition) is 9. The van der Waals surface area contributed by atoms with Crippen molar-refractivity contribution in [3.8, 4) is 28.8 Å². The molecule has 1 saturated heterocycles. The zero-order valence-corrected chi connectivity index (χ0v) is 24.9. The van der Waals surface area contributed by atoms with E-state index in [4.69, 9.17) is 20.1 Å². The van der Waals surface area contributed by atoms with Gasteiger partial charge >= 0.3 is 0 Å². The van der Waals surface area contributed by atoms with Crippen LogP contribution < -0.4 is 15.2 Å². The second-order valence-corrected chi connectivity index (χ2v) is 12.1. The van der Waals surface area contributed by atoms with Crippen LogP contribution in [0, 0.1) is 25.2 Å². The van der Waals surface area contributed by atoms with E-state index in [-0.39, 0.29) is 10.9 Å². The molecule has 3 heterocycles. The molecule has 1 fully saturated rings. The minimum absolute atomic E-state index is 0.118. The molecule has 5 rings (SSSR count). The second-order valence-electron chi connectivity index (χ2n) is 10.6. The number of sulfonamides is 1. The number of nitriles is 1. The molecule has 3 N–H and O–H groups in total. The SMILES string of the molecule is Cc1cc(/C=C/C#N)cc(C)c1Oc1nc(NC2CCN(Cc3ccc(S(N)(=O)=O)cc3)CC2)ncc1-c1cccnc1. The van der Waals surface area contributed by atoms with Gasteiger partial charge in [-0.3, -0.25) is 9.88 Å². The van der Waals surface area contributed by atoms with Crippen molar-refractivity contribution in [1.82, 2.24) is 19.9 Å². The number of allylic oxidation sites excluding steroid dienone is 1. The van der Waals surface area contributed by atoms with E-state index in [0.717, 1.165) is 65.9 Å². The van der Waals surface area contributed by atoms with E-state index < -0.39 is 10.0 Å². The van der Waals surface area contributed by atoms with Crippen molar-refractivity contribution in [2.24, 2.45) is 5.14 Å². The maximum atomic E-state index is 11.5. The molecular weight excluding hydrogens is 562 g/mol. The van der Waals surface area contributed by atoms with E-state index in [1.807, 2.05) is 56.3 Å². The third-order valence-electron chi connectivity index (χ3n) is 7.34. The number of aromatic nitrogens is 3. The molecule has 0 spiro atoms. The lowest BCUT2D eigenvalue weighted by Crippen LogP contribution is -2.39. The van der Waals surface area contributed by atoms with Gasteiger partial charge in [0, 0.05) is 55.9 Å². The van der Waals surface area contributed by atoms with Crippen LogP contribution in [0.1, 0.15) is 35.1 Å². The maximum Gasteiger partial charge on any atom is 0.238 e. The highest BCUT2D eigenvalue weighted by molar-refractivity contribution is 7.89. The highest BCUT2D eigenvalue weighted by atomic mass is 32.2. The van der Waals surface area contributed by atoms with Crippen LogP contribution in [0.4, 0.5) is 5.95 Å². The molecule has 10 nitrogen and oxygen atoms in total. The number of nitrogens with zero attached hydrogens (tertiary/aromatic N) is 5. The number of hydrogen-bond donors (Lipinski definition) is 2. The first kappa shape index (κ1) is 29.8. The third kappa shape index (κ3) is 7.61. The van der Waals surface area contributed by atoms with Crippen molar-refractivity contribution in [3.05, 3.63) is 95.5 Å². The minimum atomic E-state index is -3.70. The van der Waals surface area contributed by atoms with Gasteiger partial charge in [0.15, 0.2) is 0 Å². The van der Waals surface area contributed by atoms with Crippen LogP contribution in [0.3, 0.4) is 0 Å². The van der Waals surface area contributed by atoms with Gasteiger partial charge < -0.3 is 10.1 Å². The van der Waals surface area contributed by atoms with Gasteiger partial charge in [-0.15, -0.1) is 0 Å². The quantitative estimate of drug-likeness (QED) is 0.249. The average Bonchev–Trinajstić information content (AvgIpc) is 2.99. The Morgan fingerprint density at radius 3 is 2.47 bits per heavy atom. The predicted molar refractivity (Wildman–Crippen MR) is 166 cm³/mol. The molecule has 0 saturated carbocycles. The van der Waals surface area contributed by atoms with Crippen LogP contribution in [0.5, 0.6) is 11.6 Å². The lowest BCUT2D eigenvalue weighted by Gasteiger charge is -2.32. The number of benzene rings is 2. The van der Waals surface area contributed by atoms with Gasteiger partial charge in [0.25, 0.3) is 0 Å². The second kappa shape index (κ2) is 13.1. The van der Waals surface area contributed by atoms with Crippen molar-refractivity contribution in [2.75, 3.05) is 18.4 Å². The number of pyridine rings is 1. The number of anilines is 1. The first-order valence-corrected chi connectivity index (χ1v) is 15.5. The summed E-state index contributed by atoms with van der Waals surface area (Å²) in [5, 5.41) is 17.6. The summed E-state index contributed by atoms with van der Waals surface area (Å²) >= 11 is 0. The molecule has 1 aliphatic heterocycles. The molecule has 2 aromatic heterocycles. The summed E-state index contributed by atoms with van der Waals surface area (Å²) in [6.45, 7) is 6.42. The Bertz CT molecular complexity index is 1740. The van der Waals surface area contributed by atoms with E-state index in [1.165, 1.54) is 6.08 Å². The molecule has 2 aromatic carbocycles. The molecule has 0 bridgehead atoms. The number of nitrogens with one attached hydrogen (secondary N) is 1. The standard InChI is InChI=1S/C32H33N7O3S/c1-22-17-25(5-3-13-33)18-23(2)30(22)42-31-29(26-6-4-14-35-19-26)20-36-32(38-31)37-27-11-15-39(16-12-27)21-24-7-9-28(10-8-24)43(34,40)41/h3-10,14,17-20,27H,11-12,15-16,21H2,1-2H3,(H2,34,40,41)(H,36,37,38)/b5-3+. The molecule has 0 atom stereocenters. The first-order valence-electron chi connectivity index (χ1n) is 13.9. The molecule has 0 radical (unpaired) electrons. The van der Waals surface area contributed by atoms with E-state index in [1.54, 1.807) is 36.8 Å². The van der Waals surface area contributed by atoms with Crippen molar-refractivity contribution in [2.45, 2.75) is 44.2 Å². The lowest BCUT2D eigenvalue weighted by atomic mass is 10.0. The number of rotatable bonds is 9. The van der Waals surface area contributed by atoms with Gasteiger partial charge in [-0.2, -0.15) is 10.2 Å². The summed E-state index contributed by atoms with van der Waals surface area (Å²) < 4.78 is 29.5. The van der Waals surface area contributed by atoms with E-state index >= 15 is 0 Å². The van der Waals surface area contributed by atoms with Crippen molar-refractivity contribution in [1.29, 1.82) is 5.26 Å². The van der Waals surface area contributed by atoms with E-state index in [9.17, 15) is 8.42 Å². The molecular formula is C32H33N7O3S. The van der Waals surface area contributed by atoms with E-state index in [0.29, 0.717) is 17.6 Å². The zero-order chi connectivity index (χ0) is 30.4. The van der Waals surface area contributed by atoms with Crippen LogP contribution in [0.15, 0.2) is 78.1 Å². The van der Waals surface area contributed by atoms with E-state index in [2.05, 4.69) is 20.2 Å². The summed E-state index contributed by atoms with van der Waals surface area (Å²) in [6.07, 6.45) is 10.3. The van der Waals surface area contributed by atoms with Crippen LogP contribution in [-0.2, 0) is 16.6 Å². The molecule has 11 heteroatoms. The Hall–Kier alpha value is -4.63. The fourth-order valence-electron chi connectivity index (χ4n) is 5.17. The topological polar surface area (TPSA) is 147 Å². The molecule has 43 heavy (non-hydrogen) atoms. The van der Waals surface area contributed by atoms with Gasteiger partial charge in [-0.25, -0.2) is 18.5 Å². The lowest BCUT2D eigenvalue weighted by molar-refractivity contribution is 0.211. The molecule has 0 unspecified atom stereocenters. The molecule has 0 aliphatic carbocycles. The minimum Gasteiger partial charge on any atom is -0.438 e. The van der Waals surface area contributed by atoms with Crippen molar-refractivity contribution >= 4 is 22.0 Å². The van der Waals surface area contributed by atoms with Gasteiger partial charge in [0.1, 0.15) is 5.75 Å². The van der Waals surface area contributed by atoms with Crippen molar-refractivity contribution < 1.29 is 13.2 Å². The third-order valence-corrected chi connectivity index (χ3v) is 8.27. The molecule has 4 aromatic rings. The number of primary sulfonamides is 1. The largest absolute Gasteiger partial charge is 0.438 e. The predicted octanol–water partition coefficient (Wildman–Crippen LogP) is 5.21. The van der Waals surface area contributed by atoms with Crippen LogP contribution in [-0.4, -0.2) is 47.4 Å². The number of ether oxygens (including phenoxy) is 1. The number of nitrogens with two attached hydrogens (primary N) is 1.